The Bertz CT molecular complexity index is 1610. The van der Waals surface area contributed by atoms with Crippen LogP contribution >= 0.6 is 0 Å². The Hall–Kier alpha value is -4.43. The molecule has 0 radical (unpaired) electrons. The molecule has 0 unspecified atom stereocenters. The Labute approximate surface area is 227 Å². The number of allylic oxidation sites excluding steroid dienone is 1. The van der Waals surface area contributed by atoms with Gasteiger partial charge in [0.15, 0.2) is 0 Å². The quantitative estimate of drug-likeness (QED) is 0.223. The van der Waals surface area contributed by atoms with Crippen molar-refractivity contribution in [3.8, 4) is 5.75 Å². The van der Waals surface area contributed by atoms with Gasteiger partial charge in [0.2, 0.25) is 0 Å². The monoisotopic (exact) mass is 538 g/mol. The van der Waals surface area contributed by atoms with Crippen LogP contribution in [0.2, 0.25) is 0 Å². The third-order valence-corrected chi connectivity index (χ3v) is 9.94. The predicted octanol–water partition coefficient (Wildman–Crippen LogP) is 5.68. The second kappa shape index (κ2) is 9.10. The fourth-order valence-electron chi connectivity index (χ4n) is 6.44. The summed E-state index contributed by atoms with van der Waals surface area (Å²) in [5.74, 6) is 0.639. The zero-order chi connectivity index (χ0) is 27.3. The summed E-state index contributed by atoms with van der Waals surface area (Å²) in [6.45, 7) is 0.242. The van der Waals surface area contributed by atoms with E-state index >= 15 is 0 Å². The van der Waals surface area contributed by atoms with Gasteiger partial charge in [-0.05, 0) is 41.0 Å². The van der Waals surface area contributed by atoms with Gasteiger partial charge in [0.1, 0.15) is 5.75 Å². The molecule has 6 rings (SSSR count). The summed E-state index contributed by atoms with van der Waals surface area (Å²) >= 11 is 0. The average Bonchev–Trinajstić information content (AvgIpc) is 3.62. The van der Waals surface area contributed by atoms with Crippen LogP contribution in [-0.4, -0.2) is 31.3 Å². The van der Waals surface area contributed by atoms with Crippen molar-refractivity contribution >= 4 is 15.7 Å². The maximum atomic E-state index is 13.7. The van der Waals surface area contributed by atoms with Gasteiger partial charge in [-0.2, -0.15) is 0 Å². The second-order valence-electron chi connectivity index (χ2n) is 9.83. The first-order chi connectivity index (χ1) is 18.9. The summed E-state index contributed by atoms with van der Waals surface area (Å²) in [5.41, 5.74) is 2.12. The Morgan fingerprint density at radius 2 is 1.38 bits per heavy atom. The van der Waals surface area contributed by atoms with Crippen LogP contribution < -0.4 is 4.74 Å². The van der Waals surface area contributed by atoms with Crippen LogP contribution in [0.4, 0.5) is 5.69 Å². The smallest absolute Gasteiger partial charge is 0.269 e. The van der Waals surface area contributed by atoms with E-state index in [1.54, 1.807) is 13.3 Å². The van der Waals surface area contributed by atoms with Gasteiger partial charge in [-0.25, -0.2) is 8.42 Å². The van der Waals surface area contributed by atoms with Crippen LogP contribution in [0.3, 0.4) is 0 Å². The molecule has 7 nitrogen and oxygen atoms in total. The standard InChI is InChI=1S/C31H26N2O5S/c1-38-27-16-12-23(13-17-27)30-20-21-32(39(36,37)28-18-14-26(15-19-28)33(34)35)22-29(30)31(30,24-8-4-2-5-9-24)25-10-6-3-7-11-25/h2-21,29H,22H2,1H3/t29-,30-/m1/s1. The normalized spacial score (nSPS) is 21.2. The molecule has 1 aliphatic heterocycles. The van der Waals surface area contributed by atoms with Gasteiger partial charge in [-0.1, -0.05) is 78.9 Å². The van der Waals surface area contributed by atoms with Crippen LogP contribution in [-0.2, 0) is 20.9 Å². The van der Waals surface area contributed by atoms with E-state index in [0.717, 1.165) is 22.4 Å². The average molecular weight is 539 g/mol. The number of sulfonamides is 1. The summed E-state index contributed by atoms with van der Waals surface area (Å²) in [6, 6.07) is 33.5. The summed E-state index contributed by atoms with van der Waals surface area (Å²) in [7, 11) is -2.31. The van der Waals surface area contributed by atoms with Crippen LogP contribution in [0, 0.1) is 16.0 Å². The Balaban J connectivity index is 1.51. The number of non-ortho nitro benzene ring substituents is 1. The molecule has 0 bridgehead atoms. The van der Waals surface area contributed by atoms with Crippen molar-refractivity contribution in [3.05, 3.63) is 148 Å². The van der Waals surface area contributed by atoms with Crippen LogP contribution in [0.5, 0.6) is 5.75 Å². The number of rotatable bonds is 7. The number of nitrogens with zero attached hydrogens (tertiary/aromatic N) is 2. The minimum atomic E-state index is -3.94. The molecule has 0 aromatic heterocycles. The maximum absolute atomic E-state index is 13.7. The fraction of sp³-hybridized carbons (Fsp3) is 0.161. The molecule has 0 amide bonds. The number of nitro benzene ring substituents is 1. The van der Waals surface area contributed by atoms with Crippen molar-refractivity contribution in [2.24, 2.45) is 5.92 Å². The van der Waals surface area contributed by atoms with Gasteiger partial charge in [0.25, 0.3) is 15.7 Å². The fourth-order valence-corrected chi connectivity index (χ4v) is 7.76. The minimum Gasteiger partial charge on any atom is -0.497 e. The molecule has 196 valence electrons. The van der Waals surface area contributed by atoms with Crippen LogP contribution in [0.1, 0.15) is 16.7 Å². The number of hydrogen-bond acceptors (Lipinski definition) is 5. The number of benzene rings is 4. The number of nitro groups is 1. The molecular formula is C31H26N2O5S. The lowest BCUT2D eigenvalue weighted by Crippen LogP contribution is -2.32. The van der Waals surface area contributed by atoms with Gasteiger partial charge >= 0.3 is 0 Å². The van der Waals surface area contributed by atoms with Crippen LogP contribution in [0.25, 0.3) is 0 Å². The molecule has 4 aromatic carbocycles. The molecule has 1 aliphatic carbocycles. The summed E-state index contributed by atoms with van der Waals surface area (Å²) in [5, 5.41) is 11.1. The minimum absolute atomic E-state index is 0.0142. The summed E-state index contributed by atoms with van der Waals surface area (Å²) in [6.07, 6.45) is 3.68. The van der Waals surface area contributed by atoms with E-state index in [4.69, 9.17) is 4.74 Å². The number of fused-ring (bicyclic) bond motifs is 1. The summed E-state index contributed by atoms with van der Waals surface area (Å²) in [4.78, 5) is 10.6. The highest BCUT2D eigenvalue weighted by atomic mass is 32.2. The number of hydrogen-bond donors (Lipinski definition) is 0. The van der Waals surface area contributed by atoms with Gasteiger partial charge in [-0.15, -0.1) is 0 Å². The van der Waals surface area contributed by atoms with Crippen molar-refractivity contribution in [3.63, 3.8) is 0 Å². The molecule has 0 N–H and O–H groups in total. The molecule has 0 spiro atoms. The second-order valence-corrected chi connectivity index (χ2v) is 11.7. The maximum Gasteiger partial charge on any atom is 0.269 e. The van der Waals surface area contributed by atoms with E-state index in [2.05, 4.69) is 36.4 Å². The van der Waals surface area contributed by atoms with Crippen molar-refractivity contribution in [1.29, 1.82) is 0 Å². The van der Waals surface area contributed by atoms with Crippen molar-refractivity contribution < 1.29 is 18.1 Å². The highest BCUT2D eigenvalue weighted by Crippen LogP contribution is 2.75. The Kier molecular flexibility index (Phi) is 5.80. The summed E-state index contributed by atoms with van der Waals surface area (Å²) < 4.78 is 34.2. The number of ether oxygens (including phenoxy) is 1. The Morgan fingerprint density at radius 1 is 0.821 bits per heavy atom. The molecule has 1 saturated carbocycles. The number of methoxy groups -OCH3 is 1. The zero-order valence-corrected chi connectivity index (χ0v) is 22.0. The highest BCUT2D eigenvalue weighted by molar-refractivity contribution is 7.89. The topological polar surface area (TPSA) is 89.8 Å². The third-order valence-electron chi connectivity index (χ3n) is 8.19. The first kappa shape index (κ1) is 24.9. The SMILES string of the molecule is COc1ccc([C@]23C=CN(S(=O)(=O)c4ccc([N+](=O)[O-])cc4)C[C@H]2C3(c2ccccc2)c2ccccc2)cc1. The molecule has 8 heteroatoms. The molecule has 1 heterocycles. The largest absolute Gasteiger partial charge is 0.497 e. The first-order valence-corrected chi connectivity index (χ1v) is 14.0. The zero-order valence-electron chi connectivity index (χ0n) is 21.2. The third kappa shape index (κ3) is 3.59. The lowest BCUT2D eigenvalue weighted by Gasteiger charge is -2.28. The predicted molar refractivity (Wildman–Crippen MR) is 148 cm³/mol. The van der Waals surface area contributed by atoms with E-state index < -0.39 is 25.8 Å². The van der Waals surface area contributed by atoms with Gasteiger partial charge in [0, 0.05) is 41.6 Å². The van der Waals surface area contributed by atoms with Crippen LogP contribution in [0.15, 0.2) is 126 Å². The van der Waals surface area contributed by atoms with E-state index in [9.17, 15) is 18.5 Å². The lowest BCUT2D eigenvalue weighted by atomic mass is 9.77. The Morgan fingerprint density at radius 3 is 1.90 bits per heavy atom. The van der Waals surface area contributed by atoms with E-state index in [-0.39, 0.29) is 23.0 Å². The molecular weight excluding hydrogens is 512 g/mol. The molecule has 0 saturated heterocycles. The van der Waals surface area contributed by atoms with Crippen molar-refractivity contribution in [1.82, 2.24) is 4.31 Å². The van der Waals surface area contributed by atoms with Crippen molar-refractivity contribution in [2.45, 2.75) is 15.7 Å². The molecule has 1 fully saturated rings. The van der Waals surface area contributed by atoms with E-state index in [1.807, 2.05) is 54.6 Å². The lowest BCUT2D eigenvalue weighted by molar-refractivity contribution is -0.384. The molecule has 2 atom stereocenters. The van der Waals surface area contributed by atoms with Gasteiger partial charge in [-0.3, -0.25) is 14.4 Å². The van der Waals surface area contributed by atoms with Gasteiger partial charge < -0.3 is 4.74 Å². The molecule has 39 heavy (non-hydrogen) atoms. The van der Waals surface area contributed by atoms with Gasteiger partial charge in [0.05, 0.1) is 16.9 Å². The molecule has 2 aliphatic rings. The molecule has 4 aromatic rings. The first-order valence-electron chi connectivity index (χ1n) is 12.6. The van der Waals surface area contributed by atoms with E-state index in [0.29, 0.717) is 0 Å². The highest BCUT2D eigenvalue weighted by Gasteiger charge is 2.78. The van der Waals surface area contributed by atoms with E-state index in [1.165, 1.54) is 28.6 Å². The van der Waals surface area contributed by atoms with Crippen molar-refractivity contribution in [2.75, 3.05) is 13.7 Å².